The van der Waals surface area contributed by atoms with Crippen molar-refractivity contribution in [3.8, 4) is 5.75 Å². The average molecular weight is 349 g/mol. The molecule has 2 N–H and O–H groups in total. The van der Waals surface area contributed by atoms with E-state index < -0.39 is 16.1 Å². The van der Waals surface area contributed by atoms with Gasteiger partial charge in [-0.25, -0.2) is 13.1 Å². The molecule has 130 valence electrons. The fourth-order valence-corrected chi connectivity index (χ4v) is 3.51. The Bertz CT molecular complexity index is 760. The van der Waals surface area contributed by atoms with Crippen molar-refractivity contribution in [1.29, 1.82) is 0 Å². The quantitative estimate of drug-likeness (QED) is 0.767. The van der Waals surface area contributed by atoms with Crippen LogP contribution in [0.15, 0.2) is 53.4 Å². The molecule has 0 aliphatic rings. The van der Waals surface area contributed by atoms with Gasteiger partial charge >= 0.3 is 0 Å². The lowest BCUT2D eigenvalue weighted by molar-refractivity contribution is 0.179. The number of hydrogen-bond acceptors (Lipinski definition) is 4. The summed E-state index contributed by atoms with van der Waals surface area (Å²) in [5, 5.41) is 10.0. The highest BCUT2D eigenvalue weighted by molar-refractivity contribution is 7.89. The molecule has 5 nitrogen and oxygen atoms in total. The highest BCUT2D eigenvalue weighted by Gasteiger charge is 2.17. The molecule has 0 radical (unpaired) electrons. The van der Waals surface area contributed by atoms with E-state index in [-0.39, 0.29) is 11.4 Å². The van der Waals surface area contributed by atoms with Crippen molar-refractivity contribution in [2.75, 3.05) is 13.2 Å². The first-order valence-corrected chi connectivity index (χ1v) is 9.36. The number of benzene rings is 2. The van der Waals surface area contributed by atoms with Crippen LogP contribution in [-0.4, -0.2) is 32.8 Å². The third-order valence-corrected chi connectivity index (χ3v) is 5.00. The summed E-state index contributed by atoms with van der Waals surface area (Å²) in [5.41, 5.74) is 1.71. The second-order valence-corrected chi connectivity index (χ2v) is 7.32. The number of sulfonamides is 1. The lowest BCUT2D eigenvalue weighted by Gasteiger charge is -2.13. The molecule has 1 atom stereocenters. The van der Waals surface area contributed by atoms with Crippen LogP contribution in [0, 0.1) is 6.92 Å². The van der Waals surface area contributed by atoms with E-state index in [1.807, 2.05) is 37.3 Å². The molecule has 2 aromatic carbocycles. The fraction of sp³-hybridized carbons (Fsp3) is 0.333. The van der Waals surface area contributed by atoms with Crippen molar-refractivity contribution in [3.05, 3.63) is 59.7 Å². The average Bonchev–Trinajstić information content (AvgIpc) is 2.56. The van der Waals surface area contributed by atoms with Crippen molar-refractivity contribution in [3.63, 3.8) is 0 Å². The number of aryl methyl sites for hydroxylation is 1. The third kappa shape index (κ3) is 5.06. The molecule has 0 amide bonds. The molecule has 0 aliphatic carbocycles. The molecule has 0 aliphatic heterocycles. The van der Waals surface area contributed by atoms with E-state index in [1.54, 1.807) is 19.1 Å². The summed E-state index contributed by atoms with van der Waals surface area (Å²) in [7, 11) is -3.67. The molecular formula is C18H23NO4S. The summed E-state index contributed by atoms with van der Waals surface area (Å²) in [5.74, 6) is 0.667. The lowest BCUT2D eigenvalue weighted by Crippen LogP contribution is -2.33. The molecule has 0 heterocycles. The van der Waals surface area contributed by atoms with Crippen molar-refractivity contribution < 1.29 is 18.3 Å². The molecule has 0 saturated heterocycles. The van der Waals surface area contributed by atoms with Crippen LogP contribution in [-0.2, 0) is 16.4 Å². The summed E-state index contributed by atoms with van der Waals surface area (Å²) >= 11 is 0. The zero-order chi connectivity index (χ0) is 17.6. The maximum Gasteiger partial charge on any atom is 0.240 e. The van der Waals surface area contributed by atoms with Crippen molar-refractivity contribution in [1.82, 2.24) is 4.72 Å². The minimum Gasteiger partial charge on any atom is -0.494 e. The van der Waals surface area contributed by atoms with Gasteiger partial charge in [-0.2, -0.15) is 0 Å². The standard InChI is InChI=1S/C18H23NO4S/c1-3-23-18-10-9-17(11-14(18)2)24(21,22)19-13-16(20)12-15-7-5-4-6-8-15/h4-11,16,19-20H,3,12-13H2,1-2H3. The topological polar surface area (TPSA) is 75.6 Å². The molecule has 6 heteroatoms. The Labute approximate surface area is 143 Å². The Morgan fingerprint density at radius 1 is 1.17 bits per heavy atom. The van der Waals surface area contributed by atoms with Crippen molar-refractivity contribution in [2.45, 2.75) is 31.3 Å². The number of aliphatic hydroxyl groups is 1. The minimum atomic E-state index is -3.67. The first-order chi connectivity index (χ1) is 11.4. The summed E-state index contributed by atoms with van der Waals surface area (Å²) in [6, 6.07) is 14.2. The Balaban J connectivity index is 1.99. The molecule has 2 rings (SSSR count). The monoisotopic (exact) mass is 349 g/mol. The maximum atomic E-state index is 12.3. The molecule has 0 saturated carbocycles. The van der Waals surface area contributed by atoms with E-state index in [9.17, 15) is 13.5 Å². The van der Waals surface area contributed by atoms with E-state index >= 15 is 0 Å². The molecular weight excluding hydrogens is 326 g/mol. The summed E-state index contributed by atoms with van der Waals surface area (Å²) < 4.78 is 32.6. The molecule has 24 heavy (non-hydrogen) atoms. The Hall–Kier alpha value is -1.89. The van der Waals surface area contributed by atoms with Crippen LogP contribution < -0.4 is 9.46 Å². The van der Waals surface area contributed by atoms with Gasteiger partial charge in [0.05, 0.1) is 17.6 Å². The van der Waals surface area contributed by atoms with E-state index in [0.29, 0.717) is 18.8 Å². The van der Waals surface area contributed by atoms with Gasteiger partial charge in [0.25, 0.3) is 0 Å². The predicted molar refractivity (Wildman–Crippen MR) is 93.7 cm³/mol. The zero-order valence-corrected chi connectivity index (χ0v) is 14.7. The number of nitrogens with one attached hydrogen (secondary N) is 1. The summed E-state index contributed by atoms with van der Waals surface area (Å²) in [6.45, 7) is 4.16. The van der Waals surface area contributed by atoms with Crippen LogP contribution >= 0.6 is 0 Å². The molecule has 1 unspecified atom stereocenters. The van der Waals surface area contributed by atoms with Gasteiger partial charge in [0, 0.05) is 6.54 Å². The van der Waals surface area contributed by atoms with Crippen LogP contribution in [0.2, 0.25) is 0 Å². The maximum absolute atomic E-state index is 12.3. The van der Waals surface area contributed by atoms with Crippen LogP contribution in [0.4, 0.5) is 0 Å². The highest BCUT2D eigenvalue weighted by Crippen LogP contribution is 2.21. The van der Waals surface area contributed by atoms with E-state index in [1.165, 1.54) is 6.07 Å². The third-order valence-electron chi connectivity index (χ3n) is 3.58. The first-order valence-electron chi connectivity index (χ1n) is 7.87. The van der Waals surface area contributed by atoms with Gasteiger partial charge in [0.2, 0.25) is 10.0 Å². The van der Waals surface area contributed by atoms with E-state index in [4.69, 9.17) is 4.74 Å². The van der Waals surface area contributed by atoms with Crippen LogP contribution in [0.3, 0.4) is 0 Å². The lowest BCUT2D eigenvalue weighted by atomic mass is 10.1. The van der Waals surface area contributed by atoms with Gasteiger partial charge in [0.1, 0.15) is 5.75 Å². The first kappa shape index (κ1) is 18.4. The molecule has 0 aromatic heterocycles. The summed E-state index contributed by atoms with van der Waals surface area (Å²) in [6.07, 6.45) is -0.392. The second kappa shape index (κ2) is 8.28. The van der Waals surface area contributed by atoms with E-state index in [0.717, 1.165) is 11.1 Å². The van der Waals surface area contributed by atoms with Gasteiger partial charge in [-0.3, -0.25) is 0 Å². The Morgan fingerprint density at radius 3 is 2.50 bits per heavy atom. The largest absolute Gasteiger partial charge is 0.494 e. The van der Waals surface area contributed by atoms with Gasteiger partial charge in [-0.1, -0.05) is 30.3 Å². The van der Waals surface area contributed by atoms with Crippen molar-refractivity contribution >= 4 is 10.0 Å². The molecule has 0 bridgehead atoms. The predicted octanol–water partition coefficient (Wildman–Crippen LogP) is 2.28. The van der Waals surface area contributed by atoms with E-state index in [2.05, 4.69) is 4.72 Å². The minimum absolute atomic E-state index is 0.0382. The van der Waals surface area contributed by atoms with Crippen LogP contribution in [0.5, 0.6) is 5.75 Å². The van der Waals surface area contributed by atoms with Gasteiger partial charge in [-0.05, 0) is 49.6 Å². The van der Waals surface area contributed by atoms with Gasteiger partial charge < -0.3 is 9.84 Å². The second-order valence-electron chi connectivity index (χ2n) is 5.56. The van der Waals surface area contributed by atoms with Crippen molar-refractivity contribution in [2.24, 2.45) is 0 Å². The van der Waals surface area contributed by atoms with Gasteiger partial charge in [-0.15, -0.1) is 0 Å². The Kier molecular flexibility index (Phi) is 6.36. The number of ether oxygens (including phenoxy) is 1. The fourth-order valence-electron chi connectivity index (χ4n) is 2.35. The van der Waals surface area contributed by atoms with Crippen LogP contribution in [0.1, 0.15) is 18.1 Å². The summed E-state index contributed by atoms with van der Waals surface area (Å²) in [4.78, 5) is 0.162. The van der Waals surface area contributed by atoms with Gasteiger partial charge in [0.15, 0.2) is 0 Å². The highest BCUT2D eigenvalue weighted by atomic mass is 32.2. The molecule has 2 aromatic rings. The zero-order valence-electron chi connectivity index (χ0n) is 13.9. The molecule has 0 spiro atoms. The molecule has 0 fully saturated rings. The van der Waals surface area contributed by atoms with Crippen LogP contribution in [0.25, 0.3) is 0 Å². The normalized spacial score (nSPS) is 12.8. The number of hydrogen-bond donors (Lipinski definition) is 2. The number of rotatable bonds is 8. The SMILES string of the molecule is CCOc1ccc(S(=O)(=O)NCC(O)Cc2ccccc2)cc1C. The Morgan fingerprint density at radius 2 is 1.88 bits per heavy atom. The number of aliphatic hydroxyl groups excluding tert-OH is 1. The smallest absolute Gasteiger partial charge is 0.240 e.